The summed E-state index contributed by atoms with van der Waals surface area (Å²) in [4.78, 5) is 12.1. The molecule has 1 atom stereocenters. The van der Waals surface area contributed by atoms with Crippen molar-refractivity contribution in [1.29, 1.82) is 0 Å². The van der Waals surface area contributed by atoms with Crippen molar-refractivity contribution in [2.24, 2.45) is 0 Å². The van der Waals surface area contributed by atoms with Crippen LogP contribution in [0.3, 0.4) is 0 Å². The van der Waals surface area contributed by atoms with E-state index in [0.29, 0.717) is 23.5 Å². The summed E-state index contributed by atoms with van der Waals surface area (Å²) in [5.41, 5.74) is 0.382. The second kappa shape index (κ2) is 5.73. The third kappa shape index (κ3) is 3.30. The van der Waals surface area contributed by atoms with Crippen molar-refractivity contribution in [3.8, 4) is 11.5 Å². The molecule has 9 heteroatoms. The number of sulfone groups is 1. The summed E-state index contributed by atoms with van der Waals surface area (Å²) in [6, 6.07) is 4.57. The molecule has 1 aromatic rings. The molecule has 1 saturated heterocycles. The third-order valence-electron chi connectivity index (χ3n) is 3.43. The Bertz CT molecular complexity index is 732. The number of nitrogens with one attached hydrogen (secondary N) is 2. The molecule has 2 heterocycles. The first-order valence-electron chi connectivity index (χ1n) is 6.65. The van der Waals surface area contributed by atoms with Gasteiger partial charge >= 0.3 is 0 Å². The zero-order valence-corrected chi connectivity index (χ0v) is 13.1. The lowest BCUT2D eigenvalue weighted by Crippen LogP contribution is -2.44. The highest BCUT2D eigenvalue weighted by molar-refractivity contribution is 7.91. The Balaban J connectivity index is 1.58. The van der Waals surface area contributed by atoms with Crippen LogP contribution >= 0.6 is 12.2 Å². The topological polar surface area (TPSA) is 93.7 Å². The number of fused-ring (bicyclic) bond motifs is 1. The van der Waals surface area contributed by atoms with Gasteiger partial charge in [0.2, 0.25) is 6.79 Å². The van der Waals surface area contributed by atoms with Crippen LogP contribution in [0.4, 0.5) is 0 Å². The zero-order valence-electron chi connectivity index (χ0n) is 11.5. The van der Waals surface area contributed by atoms with Crippen LogP contribution in [0.1, 0.15) is 16.8 Å². The van der Waals surface area contributed by atoms with E-state index in [4.69, 9.17) is 21.7 Å². The van der Waals surface area contributed by atoms with Gasteiger partial charge in [-0.15, -0.1) is 0 Å². The van der Waals surface area contributed by atoms with Crippen molar-refractivity contribution in [2.75, 3.05) is 18.3 Å². The molecule has 0 saturated carbocycles. The van der Waals surface area contributed by atoms with E-state index in [1.54, 1.807) is 18.2 Å². The van der Waals surface area contributed by atoms with Crippen molar-refractivity contribution in [3.05, 3.63) is 23.8 Å². The van der Waals surface area contributed by atoms with Crippen molar-refractivity contribution in [1.82, 2.24) is 10.6 Å². The van der Waals surface area contributed by atoms with E-state index < -0.39 is 15.7 Å². The number of carbonyl (C=O) groups excluding carboxylic acids is 1. The Labute approximate surface area is 132 Å². The molecule has 0 spiro atoms. The SMILES string of the molecule is O=C(NC(=S)NC1CCS(=O)(=O)C1)c1ccc2c(c1)OCO2. The standard InChI is InChI=1S/C13H14N2O5S2/c16-12(8-1-2-10-11(5-8)20-7-19-10)15-13(21)14-9-3-4-22(17,18)6-9/h1-2,5,9H,3-4,6-7H2,(H2,14,15,16,21). The van der Waals surface area contributed by atoms with E-state index in [1.807, 2.05) is 0 Å². The predicted octanol–water partition coefficient (Wildman–Crippen LogP) is 0.207. The van der Waals surface area contributed by atoms with E-state index in [0.717, 1.165) is 0 Å². The number of amides is 1. The Hall–Kier alpha value is -1.87. The van der Waals surface area contributed by atoms with Crippen molar-refractivity contribution >= 4 is 33.1 Å². The van der Waals surface area contributed by atoms with Crippen LogP contribution in [0.5, 0.6) is 11.5 Å². The monoisotopic (exact) mass is 342 g/mol. The number of hydrogen-bond donors (Lipinski definition) is 2. The van der Waals surface area contributed by atoms with Crippen LogP contribution in [0.25, 0.3) is 0 Å². The molecule has 0 bridgehead atoms. The van der Waals surface area contributed by atoms with Gasteiger partial charge in [-0.2, -0.15) is 0 Å². The maximum absolute atomic E-state index is 12.1. The highest BCUT2D eigenvalue weighted by Crippen LogP contribution is 2.32. The van der Waals surface area contributed by atoms with Crippen molar-refractivity contribution in [2.45, 2.75) is 12.5 Å². The fourth-order valence-electron chi connectivity index (χ4n) is 2.34. The van der Waals surface area contributed by atoms with Gasteiger partial charge in [0.15, 0.2) is 26.4 Å². The van der Waals surface area contributed by atoms with Crippen molar-refractivity contribution < 1.29 is 22.7 Å². The molecule has 1 fully saturated rings. The van der Waals surface area contributed by atoms with Gasteiger partial charge in [-0.05, 0) is 36.8 Å². The Morgan fingerprint density at radius 1 is 1.27 bits per heavy atom. The number of benzene rings is 1. The molecule has 3 rings (SSSR count). The molecular formula is C13H14N2O5S2. The minimum Gasteiger partial charge on any atom is -0.454 e. The molecule has 2 aliphatic rings. The zero-order chi connectivity index (χ0) is 15.7. The van der Waals surface area contributed by atoms with Crippen LogP contribution in [0, 0.1) is 0 Å². The van der Waals surface area contributed by atoms with Gasteiger partial charge in [-0.25, -0.2) is 8.42 Å². The van der Waals surface area contributed by atoms with Crippen LogP contribution in [0.15, 0.2) is 18.2 Å². The molecule has 0 aromatic heterocycles. The van der Waals surface area contributed by atoms with E-state index >= 15 is 0 Å². The van der Waals surface area contributed by atoms with Gasteiger partial charge in [0.05, 0.1) is 11.5 Å². The van der Waals surface area contributed by atoms with Crippen molar-refractivity contribution in [3.63, 3.8) is 0 Å². The summed E-state index contributed by atoms with van der Waals surface area (Å²) in [5.74, 6) is 0.884. The lowest BCUT2D eigenvalue weighted by atomic mass is 10.2. The predicted molar refractivity (Wildman–Crippen MR) is 82.8 cm³/mol. The van der Waals surface area contributed by atoms with E-state index in [2.05, 4.69) is 10.6 Å². The molecule has 1 amide bonds. The van der Waals surface area contributed by atoms with E-state index in [9.17, 15) is 13.2 Å². The Morgan fingerprint density at radius 2 is 2.05 bits per heavy atom. The Morgan fingerprint density at radius 3 is 2.77 bits per heavy atom. The average molecular weight is 342 g/mol. The molecule has 118 valence electrons. The maximum atomic E-state index is 12.1. The molecule has 1 aromatic carbocycles. The second-order valence-electron chi connectivity index (χ2n) is 5.10. The fourth-order valence-corrected chi connectivity index (χ4v) is 4.28. The van der Waals surface area contributed by atoms with E-state index in [1.165, 1.54) is 0 Å². The third-order valence-corrected chi connectivity index (χ3v) is 5.42. The number of thiocarbonyl (C=S) groups is 1. The summed E-state index contributed by atoms with van der Waals surface area (Å²) in [7, 11) is -2.99. The minimum absolute atomic E-state index is 0.0348. The van der Waals surface area contributed by atoms with Gasteiger partial charge in [-0.3, -0.25) is 10.1 Å². The molecule has 2 aliphatic heterocycles. The number of ether oxygens (including phenoxy) is 2. The number of rotatable bonds is 2. The molecule has 0 aliphatic carbocycles. The number of carbonyl (C=O) groups is 1. The van der Waals surface area contributed by atoms with Gasteiger partial charge < -0.3 is 14.8 Å². The summed E-state index contributed by atoms with van der Waals surface area (Å²) >= 11 is 5.05. The first-order chi connectivity index (χ1) is 10.4. The van der Waals surface area contributed by atoms with Gasteiger partial charge in [0.1, 0.15) is 0 Å². The highest BCUT2D eigenvalue weighted by atomic mass is 32.2. The maximum Gasteiger partial charge on any atom is 0.257 e. The average Bonchev–Trinajstić information content (AvgIpc) is 3.03. The van der Waals surface area contributed by atoms with Gasteiger partial charge in [0.25, 0.3) is 5.91 Å². The molecule has 7 nitrogen and oxygen atoms in total. The van der Waals surface area contributed by atoms with Crippen LogP contribution in [-0.2, 0) is 9.84 Å². The largest absolute Gasteiger partial charge is 0.454 e. The summed E-state index contributed by atoms with van der Waals surface area (Å²) in [6.07, 6.45) is 0.488. The van der Waals surface area contributed by atoms with Crippen LogP contribution in [-0.4, -0.2) is 43.8 Å². The minimum atomic E-state index is -2.99. The molecular weight excluding hydrogens is 328 g/mol. The second-order valence-corrected chi connectivity index (χ2v) is 7.73. The summed E-state index contributed by atoms with van der Waals surface area (Å²) in [6.45, 7) is 0.135. The molecule has 1 unspecified atom stereocenters. The molecule has 0 radical (unpaired) electrons. The summed E-state index contributed by atoms with van der Waals surface area (Å²) < 4.78 is 33.1. The first kappa shape index (κ1) is 15.0. The smallest absolute Gasteiger partial charge is 0.257 e. The van der Waals surface area contributed by atoms with Gasteiger partial charge in [-0.1, -0.05) is 0 Å². The number of hydrogen-bond acceptors (Lipinski definition) is 6. The van der Waals surface area contributed by atoms with Crippen LogP contribution < -0.4 is 20.1 Å². The summed E-state index contributed by atoms with van der Waals surface area (Å²) in [5, 5.41) is 5.50. The molecule has 2 N–H and O–H groups in total. The Kier molecular flexibility index (Phi) is 3.92. The lowest BCUT2D eigenvalue weighted by molar-refractivity contribution is 0.0976. The lowest BCUT2D eigenvalue weighted by Gasteiger charge is -2.14. The van der Waals surface area contributed by atoms with Gasteiger partial charge in [0, 0.05) is 11.6 Å². The highest BCUT2D eigenvalue weighted by Gasteiger charge is 2.28. The molecule has 22 heavy (non-hydrogen) atoms. The van der Waals surface area contributed by atoms with E-state index in [-0.39, 0.29) is 29.5 Å². The normalized spacial score (nSPS) is 21.4. The fraction of sp³-hybridized carbons (Fsp3) is 0.385. The first-order valence-corrected chi connectivity index (χ1v) is 8.88. The quantitative estimate of drug-likeness (QED) is 0.742. The van der Waals surface area contributed by atoms with Crippen LogP contribution in [0.2, 0.25) is 0 Å².